The molecule has 0 amide bonds. The first-order chi connectivity index (χ1) is 30.6. The molecule has 0 rings (SSSR count). The van der Waals surface area contributed by atoms with Crippen LogP contribution in [-0.2, 0) is 23.8 Å². The highest BCUT2D eigenvalue weighted by Crippen LogP contribution is 2.14. The van der Waals surface area contributed by atoms with Gasteiger partial charge < -0.3 is 14.2 Å². The van der Waals surface area contributed by atoms with Crippen molar-refractivity contribution < 1.29 is 23.8 Å². The van der Waals surface area contributed by atoms with Crippen molar-refractivity contribution in [2.24, 2.45) is 0 Å². The molecule has 0 bridgehead atoms. The topological polar surface area (TPSA) is 61.8 Å². The van der Waals surface area contributed by atoms with Gasteiger partial charge in [-0.25, -0.2) is 0 Å². The van der Waals surface area contributed by atoms with Crippen molar-refractivity contribution >= 4 is 11.9 Å². The molecule has 0 radical (unpaired) electrons. The first-order valence-corrected chi connectivity index (χ1v) is 25.8. The van der Waals surface area contributed by atoms with Crippen LogP contribution in [-0.4, -0.2) is 37.9 Å². The monoisotopic (exact) mass is 861 g/mol. The zero-order chi connectivity index (χ0) is 44.9. The van der Waals surface area contributed by atoms with Gasteiger partial charge in [-0.15, -0.1) is 0 Å². The fourth-order valence-electron chi connectivity index (χ4n) is 6.82. The normalized spacial score (nSPS) is 13.0. The van der Waals surface area contributed by atoms with Gasteiger partial charge >= 0.3 is 11.9 Å². The molecule has 62 heavy (non-hydrogen) atoms. The van der Waals surface area contributed by atoms with Crippen LogP contribution in [0.5, 0.6) is 0 Å². The highest BCUT2D eigenvalue weighted by Gasteiger charge is 2.17. The number of carbonyl (C=O) groups excluding carboxylic acids is 2. The zero-order valence-electron chi connectivity index (χ0n) is 40.6. The molecule has 0 aliphatic carbocycles. The summed E-state index contributed by atoms with van der Waals surface area (Å²) in [6.45, 7) is 7.46. The minimum absolute atomic E-state index is 0.0456. The molecule has 0 aromatic heterocycles. The van der Waals surface area contributed by atoms with Crippen molar-refractivity contribution in [3.63, 3.8) is 0 Å². The van der Waals surface area contributed by atoms with Crippen LogP contribution in [0.3, 0.4) is 0 Å². The van der Waals surface area contributed by atoms with E-state index in [9.17, 15) is 9.59 Å². The Kier molecular flexibility index (Phi) is 49.5. The highest BCUT2D eigenvalue weighted by molar-refractivity contribution is 5.70. The van der Waals surface area contributed by atoms with Gasteiger partial charge in [0.15, 0.2) is 6.10 Å². The molecule has 0 fully saturated rings. The van der Waals surface area contributed by atoms with Gasteiger partial charge in [0.1, 0.15) is 6.61 Å². The first-order valence-electron chi connectivity index (χ1n) is 25.8. The maximum Gasteiger partial charge on any atom is 0.306 e. The Hall–Kier alpha value is -3.18. The number of carbonyl (C=O) groups is 2. The molecule has 0 spiro atoms. The maximum absolute atomic E-state index is 12.8. The Bertz CT molecular complexity index is 1200. The van der Waals surface area contributed by atoms with Gasteiger partial charge in [-0.3, -0.25) is 9.59 Å². The van der Waals surface area contributed by atoms with E-state index in [0.29, 0.717) is 19.4 Å². The molecular formula is C57H96O5. The Labute approximate surface area is 383 Å². The molecule has 0 aliphatic rings. The molecule has 0 saturated heterocycles. The van der Waals surface area contributed by atoms with Crippen LogP contribution < -0.4 is 0 Å². The summed E-state index contributed by atoms with van der Waals surface area (Å²) in [4.78, 5) is 25.4. The third-order valence-electron chi connectivity index (χ3n) is 10.6. The van der Waals surface area contributed by atoms with Crippen LogP contribution in [0.15, 0.2) is 97.2 Å². The van der Waals surface area contributed by atoms with E-state index >= 15 is 0 Å². The summed E-state index contributed by atoms with van der Waals surface area (Å²) < 4.78 is 17.3. The van der Waals surface area contributed by atoms with E-state index in [0.717, 1.165) is 96.3 Å². The van der Waals surface area contributed by atoms with Crippen molar-refractivity contribution in [2.75, 3.05) is 19.8 Å². The summed E-state index contributed by atoms with van der Waals surface area (Å²) in [6.07, 6.45) is 70.0. The van der Waals surface area contributed by atoms with Crippen molar-refractivity contribution in [3.05, 3.63) is 97.2 Å². The molecule has 0 aromatic rings. The van der Waals surface area contributed by atoms with Crippen LogP contribution in [0.25, 0.3) is 0 Å². The summed E-state index contributed by atoms with van der Waals surface area (Å²) >= 11 is 0. The summed E-state index contributed by atoms with van der Waals surface area (Å²) in [5.74, 6) is -0.454. The van der Waals surface area contributed by atoms with Crippen molar-refractivity contribution in [3.8, 4) is 0 Å². The molecular weight excluding hydrogens is 765 g/mol. The SMILES string of the molecule is CC/C=C\C/C=C\C/C=C\C/C=C\C/C=C\CCOCC(COC(=O)CCCCCCCC/C=C\C/C=C\C/C=C\CCCCC)OC(=O)CCCCCCCCCCCCC. The van der Waals surface area contributed by atoms with Crippen LogP contribution in [0, 0.1) is 0 Å². The number of unbranched alkanes of at least 4 members (excludes halogenated alkanes) is 19. The molecule has 5 heteroatoms. The van der Waals surface area contributed by atoms with E-state index in [-0.39, 0.29) is 25.2 Å². The first kappa shape index (κ1) is 58.8. The van der Waals surface area contributed by atoms with Crippen LogP contribution in [0.1, 0.15) is 226 Å². The van der Waals surface area contributed by atoms with E-state index in [4.69, 9.17) is 14.2 Å². The number of hydrogen-bond donors (Lipinski definition) is 0. The second-order valence-electron chi connectivity index (χ2n) is 16.7. The summed E-state index contributed by atoms with van der Waals surface area (Å²) in [6, 6.07) is 0. The second-order valence-corrected chi connectivity index (χ2v) is 16.7. The predicted molar refractivity (Wildman–Crippen MR) is 270 cm³/mol. The molecule has 1 unspecified atom stereocenters. The largest absolute Gasteiger partial charge is 0.462 e. The van der Waals surface area contributed by atoms with Crippen molar-refractivity contribution in [2.45, 2.75) is 232 Å². The molecule has 0 aromatic carbocycles. The average Bonchev–Trinajstić information content (AvgIpc) is 3.27. The van der Waals surface area contributed by atoms with Gasteiger partial charge in [-0.05, 0) is 89.9 Å². The Balaban J connectivity index is 4.37. The molecule has 0 aliphatic heterocycles. The van der Waals surface area contributed by atoms with E-state index in [1.54, 1.807) is 0 Å². The van der Waals surface area contributed by atoms with Gasteiger partial charge in [0.2, 0.25) is 0 Å². The Morgan fingerprint density at radius 3 is 1.19 bits per heavy atom. The zero-order valence-corrected chi connectivity index (χ0v) is 40.6. The fourth-order valence-corrected chi connectivity index (χ4v) is 6.82. The Morgan fingerprint density at radius 2 is 0.726 bits per heavy atom. The van der Waals surface area contributed by atoms with Crippen molar-refractivity contribution in [1.29, 1.82) is 0 Å². The maximum atomic E-state index is 12.8. The smallest absolute Gasteiger partial charge is 0.306 e. The number of allylic oxidation sites excluding steroid dienone is 15. The van der Waals surface area contributed by atoms with Crippen molar-refractivity contribution in [1.82, 2.24) is 0 Å². The van der Waals surface area contributed by atoms with Crippen LogP contribution in [0.2, 0.25) is 0 Å². The van der Waals surface area contributed by atoms with Crippen LogP contribution in [0.4, 0.5) is 0 Å². The lowest BCUT2D eigenvalue weighted by Gasteiger charge is -2.18. The van der Waals surface area contributed by atoms with Gasteiger partial charge in [0.05, 0.1) is 13.2 Å². The number of ether oxygens (including phenoxy) is 3. The van der Waals surface area contributed by atoms with Gasteiger partial charge in [0.25, 0.3) is 0 Å². The number of rotatable bonds is 46. The average molecular weight is 861 g/mol. The highest BCUT2D eigenvalue weighted by atomic mass is 16.6. The van der Waals surface area contributed by atoms with E-state index in [1.807, 2.05) is 0 Å². The van der Waals surface area contributed by atoms with E-state index in [2.05, 4.69) is 118 Å². The lowest BCUT2D eigenvalue weighted by Crippen LogP contribution is -2.30. The quantitative estimate of drug-likeness (QED) is 0.0347. The lowest BCUT2D eigenvalue weighted by molar-refractivity contribution is -0.162. The van der Waals surface area contributed by atoms with Gasteiger partial charge in [-0.2, -0.15) is 0 Å². The molecule has 354 valence electrons. The van der Waals surface area contributed by atoms with E-state index < -0.39 is 6.10 Å². The van der Waals surface area contributed by atoms with Gasteiger partial charge in [0, 0.05) is 12.8 Å². The molecule has 5 nitrogen and oxygen atoms in total. The minimum Gasteiger partial charge on any atom is -0.462 e. The third-order valence-corrected chi connectivity index (χ3v) is 10.6. The molecule has 1 atom stereocenters. The second kappa shape index (κ2) is 52.2. The number of esters is 2. The van der Waals surface area contributed by atoms with Gasteiger partial charge in [-0.1, -0.05) is 221 Å². The molecule has 0 heterocycles. The summed E-state index contributed by atoms with van der Waals surface area (Å²) in [5.41, 5.74) is 0. The molecule has 0 saturated carbocycles. The fraction of sp³-hybridized carbons (Fsp3) is 0.684. The van der Waals surface area contributed by atoms with E-state index in [1.165, 1.54) is 96.3 Å². The Morgan fingerprint density at radius 1 is 0.371 bits per heavy atom. The number of hydrogen-bond acceptors (Lipinski definition) is 5. The standard InChI is InChI=1S/C57H96O5/c1-4-7-10-13-16-19-22-24-26-28-29-30-31-33-36-38-41-44-47-50-56(58)61-54-55(62-57(59)51-48-45-42-39-35-21-18-15-12-9-6-3)53-60-52-49-46-43-40-37-34-32-27-25-23-20-17-14-11-8-5-2/h8,11,16-17,19-20,24-27,29-30,34,37,43,46,55H,4-7,9-10,12-15,18,21-23,28,31-33,35-36,38-42,44-45,47-54H2,1-3H3/b11-8-,19-16-,20-17-,26-24-,27-25-,30-29-,37-34-,46-43-. The van der Waals surface area contributed by atoms with Crippen LogP contribution >= 0.6 is 0 Å². The minimum atomic E-state index is -0.583. The molecule has 0 N–H and O–H groups in total. The predicted octanol–water partition coefficient (Wildman–Crippen LogP) is 17.5. The summed E-state index contributed by atoms with van der Waals surface area (Å²) in [7, 11) is 0. The third kappa shape index (κ3) is 49.5. The lowest BCUT2D eigenvalue weighted by atomic mass is 10.1. The summed E-state index contributed by atoms with van der Waals surface area (Å²) in [5, 5.41) is 0.